The van der Waals surface area contributed by atoms with E-state index in [0.717, 1.165) is 6.20 Å². The Hall–Kier alpha value is -2.70. The topological polar surface area (TPSA) is 107 Å². The SMILES string of the molecule is Nc1ncc([N+](=O)[O-])c(Nc2ccccc2)n1. The number of nitrogens with zero attached hydrogens (tertiary/aromatic N) is 3. The van der Waals surface area contributed by atoms with Crippen LogP contribution in [0.25, 0.3) is 0 Å². The average Bonchev–Trinajstić information content (AvgIpc) is 2.30. The van der Waals surface area contributed by atoms with Gasteiger partial charge in [-0.15, -0.1) is 0 Å². The highest BCUT2D eigenvalue weighted by Crippen LogP contribution is 2.24. The third-order valence-electron chi connectivity index (χ3n) is 2.02. The molecule has 1 aromatic carbocycles. The predicted molar refractivity (Wildman–Crippen MR) is 62.8 cm³/mol. The maximum Gasteiger partial charge on any atom is 0.329 e. The molecule has 0 aliphatic carbocycles. The van der Waals surface area contributed by atoms with Crippen molar-refractivity contribution in [3.63, 3.8) is 0 Å². The van der Waals surface area contributed by atoms with Crippen molar-refractivity contribution >= 4 is 23.1 Å². The van der Waals surface area contributed by atoms with Gasteiger partial charge in [0.1, 0.15) is 6.20 Å². The second kappa shape index (κ2) is 4.44. The third kappa shape index (κ3) is 2.46. The zero-order chi connectivity index (χ0) is 12.3. The molecule has 7 nitrogen and oxygen atoms in total. The first-order valence-corrected chi connectivity index (χ1v) is 4.76. The summed E-state index contributed by atoms with van der Waals surface area (Å²) in [5.41, 5.74) is 5.87. The molecule has 86 valence electrons. The van der Waals surface area contributed by atoms with Gasteiger partial charge in [-0.25, -0.2) is 4.98 Å². The Bertz CT molecular complexity index is 544. The quantitative estimate of drug-likeness (QED) is 0.615. The molecule has 0 saturated heterocycles. The zero-order valence-corrected chi connectivity index (χ0v) is 8.70. The summed E-state index contributed by atoms with van der Waals surface area (Å²) in [4.78, 5) is 17.6. The van der Waals surface area contributed by atoms with E-state index in [1.807, 2.05) is 6.07 Å². The van der Waals surface area contributed by atoms with Crippen LogP contribution in [0.5, 0.6) is 0 Å². The first-order chi connectivity index (χ1) is 8.16. The van der Waals surface area contributed by atoms with Crippen LogP contribution in [-0.2, 0) is 0 Å². The molecular weight excluding hydrogens is 222 g/mol. The van der Waals surface area contributed by atoms with Gasteiger partial charge >= 0.3 is 5.69 Å². The molecule has 3 N–H and O–H groups in total. The summed E-state index contributed by atoms with van der Waals surface area (Å²) < 4.78 is 0. The molecule has 0 radical (unpaired) electrons. The Morgan fingerprint density at radius 2 is 2.00 bits per heavy atom. The van der Waals surface area contributed by atoms with Crippen LogP contribution in [-0.4, -0.2) is 14.9 Å². The van der Waals surface area contributed by atoms with E-state index in [9.17, 15) is 10.1 Å². The van der Waals surface area contributed by atoms with E-state index in [1.54, 1.807) is 24.3 Å². The molecule has 1 aromatic heterocycles. The zero-order valence-electron chi connectivity index (χ0n) is 8.70. The van der Waals surface area contributed by atoms with Crippen molar-refractivity contribution in [3.05, 3.63) is 46.6 Å². The third-order valence-corrected chi connectivity index (χ3v) is 2.02. The van der Waals surface area contributed by atoms with Crippen LogP contribution in [0.1, 0.15) is 0 Å². The first-order valence-electron chi connectivity index (χ1n) is 4.76. The maximum atomic E-state index is 10.8. The summed E-state index contributed by atoms with van der Waals surface area (Å²) in [6.07, 6.45) is 1.08. The van der Waals surface area contributed by atoms with E-state index in [1.165, 1.54) is 0 Å². The highest BCUT2D eigenvalue weighted by molar-refractivity contribution is 5.65. The van der Waals surface area contributed by atoms with Crippen LogP contribution < -0.4 is 11.1 Å². The van der Waals surface area contributed by atoms with Gasteiger partial charge in [0.25, 0.3) is 0 Å². The number of para-hydroxylation sites is 1. The molecular formula is C10H9N5O2. The number of hydrogen-bond donors (Lipinski definition) is 2. The lowest BCUT2D eigenvalue weighted by Gasteiger charge is -2.05. The van der Waals surface area contributed by atoms with Crippen LogP contribution in [0.3, 0.4) is 0 Å². The maximum absolute atomic E-state index is 10.8. The van der Waals surface area contributed by atoms with Crippen molar-refractivity contribution < 1.29 is 4.92 Å². The minimum Gasteiger partial charge on any atom is -0.368 e. The summed E-state index contributed by atoms with van der Waals surface area (Å²) in [5.74, 6) is 0.0581. The van der Waals surface area contributed by atoms with Gasteiger partial charge < -0.3 is 11.1 Å². The molecule has 0 amide bonds. The Labute approximate surface area is 96.5 Å². The molecule has 0 saturated carbocycles. The van der Waals surface area contributed by atoms with Crippen molar-refractivity contribution in [2.24, 2.45) is 0 Å². The fourth-order valence-corrected chi connectivity index (χ4v) is 1.27. The minimum atomic E-state index is -0.565. The molecule has 0 fully saturated rings. The number of anilines is 3. The van der Waals surface area contributed by atoms with Crippen molar-refractivity contribution in [2.75, 3.05) is 11.1 Å². The molecule has 0 spiro atoms. The Balaban J connectivity index is 2.37. The summed E-state index contributed by atoms with van der Waals surface area (Å²) in [6.45, 7) is 0. The molecule has 17 heavy (non-hydrogen) atoms. The van der Waals surface area contributed by atoms with Crippen molar-refractivity contribution in [1.29, 1.82) is 0 Å². The minimum absolute atomic E-state index is 0.0194. The molecule has 0 aliphatic rings. The summed E-state index contributed by atoms with van der Waals surface area (Å²) in [6, 6.07) is 8.98. The number of nitrogens with one attached hydrogen (secondary N) is 1. The van der Waals surface area contributed by atoms with Crippen LogP contribution >= 0.6 is 0 Å². The normalized spacial score (nSPS) is 9.88. The fraction of sp³-hybridized carbons (Fsp3) is 0. The van der Waals surface area contributed by atoms with E-state index in [-0.39, 0.29) is 17.5 Å². The lowest BCUT2D eigenvalue weighted by molar-refractivity contribution is -0.384. The highest BCUT2D eigenvalue weighted by atomic mass is 16.6. The van der Waals surface area contributed by atoms with Gasteiger partial charge in [-0.1, -0.05) is 18.2 Å². The Kier molecular flexibility index (Phi) is 2.82. The number of hydrogen-bond acceptors (Lipinski definition) is 6. The number of aromatic nitrogens is 2. The monoisotopic (exact) mass is 231 g/mol. The van der Waals surface area contributed by atoms with E-state index in [4.69, 9.17) is 5.73 Å². The molecule has 0 atom stereocenters. The van der Waals surface area contributed by atoms with Crippen LogP contribution in [0.15, 0.2) is 36.5 Å². The lowest BCUT2D eigenvalue weighted by atomic mass is 10.3. The first kappa shape index (κ1) is 10.8. The van der Waals surface area contributed by atoms with Crippen LogP contribution in [0.2, 0.25) is 0 Å². The van der Waals surface area contributed by atoms with E-state index < -0.39 is 4.92 Å². The smallest absolute Gasteiger partial charge is 0.329 e. The molecule has 7 heteroatoms. The van der Waals surface area contributed by atoms with Crippen molar-refractivity contribution in [3.8, 4) is 0 Å². The van der Waals surface area contributed by atoms with Gasteiger partial charge in [0.05, 0.1) is 4.92 Å². The second-order valence-electron chi connectivity index (χ2n) is 3.21. The van der Waals surface area contributed by atoms with Gasteiger partial charge in [0.2, 0.25) is 11.8 Å². The van der Waals surface area contributed by atoms with Gasteiger partial charge in [-0.2, -0.15) is 4.98 Å². The van der Waals surface area contributed by atoms with Gasteiger partial charge in [-0.3, -0.25) is 10.1 Å². The molecule has 2 aromatic rings. The summed E-state index contributed by atoms with van der Waals surface area (Å²) >= 11 is 0. The Morgan fingerprint density at radius 1 is 1.29 bits per heavy atom. The number of nitro groups is 1. The Morgan fingerprint density at radius 3 is 2.65 bits per heavy atom. The number of rotatable bonds is 3. The van der Waals surface area contributed by atoms with Gasteiger partial charge in [-0.05, 0) is 12.1 Å². The van der Waals surface area contributed by atoms with Gasteiger partial charge in [0, 0.05) is 5.69 Å². The van der Waals surface area contributed by atoms with Gasteiger partial charge in [0.15, 0.2) is 0 Å². The van der Waals surface area contributed by atoms with Crippen molar-refractivity contribution in [2.45, 2.75) is 0 Å². The largest absolute Gasteiger partial charge is 0.368 e. The average molecular weight is 231 g/mol. The second-order valence-corrected chi connectivity index (χ2v) is 3.21. The molecule has 0 bridgehead atoms. The summed E-state index contributed by atoms with van der Waals surface area (Å²) in [5, 5.41) is 13.6. The van der Waals surface area contributed by atoms with Crippen LogP contribution in [0.4, 0.5) is 23.1 Å². The van der Waals surface area contributed by atoms with E-state index in [0.29, 0.717) is 5.69 Å². The van der Waals surface area contributed by atoms with E-state index in [2.05, 4.69) is 15.3 Å². The molecule has 1 heterocycles. The molecule has 2 rings (SSSR count). The standard InChI is InChI=1S/C10H9N5O2/c11-10-12-6-8(15(16)17)9(14-10)13-7-4-2-1-3-5-7/h1-6H,(H3,11,12,13,14). The lowest BCUT2D eigenvalue weighted by Crippen LogP contribution is -2.03. The number of nitrogen functional groups attached to an aromatic ring is 1. The van der Waals surface area contributed by atoms with Crippen molar-refractivity contribution in [1.82, 2.24) is 9.97 Å². The fourth-order valence-electron chi connectivity index (χ4n) is 1.27. The van der Waals surface area contributed by atoms with E-state index >= 15 is 0 Å². The molecule has 0 aliphatic heterocycles. The number of benzene rings is 1. The summed E-state index contributed by atoms with van der Waals surface area (Å²) in [7, 11) is 0. The predicted octanol–water partition coefficient (Wildman–Crippen LogP) is 1.71. The van der Waals surface area contributed by atoms with Crippen LogP contribution in [0, 0.1) is 10.1 Å². The molecule has 0 unspecified atom stereocenters. The number of nitrogens with two attached hydrogens (primary N) is 1. The highest BCUT2D eigenvalue weighted by Gasteiger charge is 2.16.